The number of ketones is 2. The van der Waals surface area contributed by atoms with E-state index in [1.165, 1.54) is 48.3 Å². The number of ether oxygens (including phenoxy) is 1. The van der Waals surface area contributed by atoms with E-state index in [0.29, 0.717) is 101 Å². The number of phenols is 1. The van der Waals surface area contributed by atoms with E-state index < -0.39 is 18.9 Å². The number of guanidine groups is 1. The minimum absolute atomic E-state index is 0.0187. The van der Waals surface area contributed by atoms with E-state index in [1.54, 1.807) is 33.7 Å². The molecule has 1 saturated heterocycles. The first-order valence-electron chi connectivity index (χ1n) is 33.6. The van der Waals surface area contributed by atoms with Crippen LogP contribution in [-0.4, -0.2) is 114 Å². The van der Waals surface area contributed by atoms with Gasteiger partial charge in [-0.05, 0) is 249 Å². The van der Waals surface area contributed by atoms with Gasteiger partial charge in [0.25, 0.3) is 0 Å². The molecule has 476 valence electrons. The maximum atomic E-state index is 14.8. The van der Waals surface area contributed by atoms with Crippen LogP contribution in [-0.2, 0) is 35.3 Å². The quantitative estimate of drug-likeness (QED) is 0.0490. The molecule has 89 heavy (non-hydrogen) atoms. The number of nitrogens with two attached hydrogens (primary N) is 2. The number of phenolic OH excluding ortho intramolecular Hbond substituents is 1. The van der Waals surface area contributed by atoms with E-state index >= 15 is 0 Å². The average Bonchev–Trinajstić information content (AvgIpc) is 1.52. The monoisotopic (exact) mass is 1240 g/mol. The topological polar surface area (TPSA) is 229 Å². The fourth-order valence-electron chi connectivity index (χ4n) is 20.0. The van der Waals surface area contributed by atoms with Crippen molar-refractivity contribution in [2.75, 3.05) is 45.0 Å². The number of carbonyl (C=O) groups is 2. The van der Waals surface area contributed by atoms with Crippen molar-refractivity contribution in [1.29, 1.82) is 0 Å². The number of aryl methyl sites for hydroxylation is 3. The second-order valence-corrected chi connectivity index (χ2v) is 30.9. The lowest BCUT2D eigenvalue weighted by Crippen LogP contribution is -2.57. The predicted octanol–water partition coefficient (Wildman–Crippen LogP) is 9.39. The molecule has 12 N–H and O–H groups in total. The van der Waals surface area contributed by atoms with E-state index in [9.17, 15) is 24.9 Å². The van der Waals surface area contributed by atoms with E-state index in [1.807, 2.05) is 13.1 Å². The molecule has 8 aliphatic heterocycles. The molecule has 16 rings (SSSR count). The number of aliphatic hydroxyl groups is 2. The van der Waals surface area contributed by atoms with Crippen LogP contribution in [0.1, 0.15) is 125 Å². The number of aliphatic hydroxyl groups excluding tert-OH is 2. The minimum Gasteiger partial charge on any atom is -0.504 e. The van der Waals surface area contributed by atoms with Crippen molar-refractivity contribution < 1.29 is 29.6 Å². The van der Waals surface area contributed by atoms with Crippen LogP contribution in [0.5, 0.6) is 11.5 Å². The third-order valence-electron chi connectivity index (χ3n) is 23.4. The van der Waals surface area contributed by atoms with Crippen molar-refractivity contribution >= 4 is 44.7 Å². The van der Waals surface area contributed by atoms with Crippen molar-refractivity contribution in [2.24, 2.45) is 74.6 Å². The van der Waals surface area contributed by atoms with Gasteiger partial charge in [0.05, 0.1) is 44.3 Å². The SMILES string of the molecule is COc1cc2c(cc1O)CC1=CNC(N)C(=C1CCc1cccc(CCc3ccccc3)c1)CSSCN=C(N)NC1CC3=CC(C(C)O)NC4CC5(CC6C7CCNCC7CC7C=CCNC76)CC(CCC5C45CCC(C1)C35)CC(=O)CC(=O)C=C2CO. The Morgan fingerprint density at radius 2 is 1.73 bits per heavy atom. The Hall–Kier alpha value is -5.17. The maximum absolute atomic E-state index is 14.8. The summed E-state index contributed by atoms with van der Waals surface area (Å²) in [7, 11) is 4.85. The molecule has 1 spiro atoms. The highest BCUT2D eigenvalue weighted by Crippen LogP contribution is 2.74. The van der Waals surface area contributed by atoms with Gasteiger partial charge in [0, 0.05) is 43.0 Å². The van der Waals surface area contributed by atoms with Gasteiger partial charge in [-0.3, -0.25) is 9.59 Å². The van der Waals surface area contributed by atoms with Crippen LogP contribution in [0.15, 0.2) is 125 Å². The Labute approximate surface area is 535 Å². The summed E-state index contributed by atoms with van der Waals surface area (Å²) < 4.78 is 5.68. The Morgan fingerprint density at radius 3 is 2.55 bits per heavy atom. The van der Waals surface area contributed by atoms with Gasteiger partial charge < -0.3 is 58.1 Å². The van der Waals surface area contributed by atoms with Crippen molar-refractivity contribution in [3.63, 3.8) is 0 Å². The molecule has 14 nitrogen and oxygen atoms in total. The molecule has 3 aromatic carbocycles. The summed E-state index contributed by atoms with van der Waals surface area (Å²) >= 11 is 0. The molecule has 16 atom stereocenters. The number of carbonyl (C=O) groups excluding carboxylic acids is 2. The van der Waals surface area contributed by atoms with Crippen molar-refractivity contribution in [3.8, 4) is 11.5 Å². The lowest BCUT2D eigenvalue weighted by Gasteiger charge is -2.56. The summed E-state index contributed by atoms with van der Waals surface area (Å²) in [6.07, 6.45) is 25.3. The van der Waals surface area contributed by atoms with Crippen LogP contribution in [0.3, 0.4) is 0 Å². The smallest absolute Gasteiger partial charge is 0.189 e. The van der Waals surface area contributed by atoms with Gasteiger partial charge in [-0.25, -0.2) is 4.99 Å². The van der Waals surface area contributed by atoms with Crippen molar-refractivity contribution in [1.82, 2.24) is 26.6 Å². The number of rotatable bonds is 11. The zero-order chi connectivity index (χ0) is 61.4. The minimum atomic E-state index is -0.571. The third kappa shape index (κ3) is 13.0. The highest BCUT2D eigenvalue weighted by molar-refractivity contribution is 8.76. The highest BCUT2D eigenvalue weighted by atomic mass is 33.1. The fourth-order valence-corrected chi connectivity index (χ4v) is 21.9. The number of fused-ring (bicyclic) bond motifs is 2. The Kier molecular flexibility index (Phi) is 19.1. The van der Waals surface area contributed by atoms with Crippen LogP contribution >= 0.6 is 21.6 Å². The molecular weight excluding hydrogens is 1150 g/mol. The molecule has 13 aliphatic rings. The molecule has 10 bridgehead atoms. The molecule has 0 amide bonds. The first-order chi connectivity index (χ1) is 43.3. The number of hydrogen-bond acceptors (Lipinski definition) is 16. The number of hydrogen-bond donors (Lipinski definition) is 10. The van der Waals surface area contributed by atoms with Gasteiger partial charge in [0.1, 0.15) is 5.78 Å². The number of Topliss-reactive ketones (excluding diaryl/α,β-unsaturated/α-hetero) is 1. The number of aromatic hydroxyl groups is 1. The first kappa shape index (κ1) is 62.6. The first-order valence-corrected chi connectivity index (χ1v) is 36.1. The van der Waals surface area contributed by atoms with Crippen LogP contribution in [0.25, 0.3) is 5.57 Å². The maximum Gasteiger partial charge on any atom is 0.189 e. The number of methoxy groups -OCH3 is 1. The van der Waals surface area contributed by atoms with Gasteiger partial charge in [0.15, 0.2) is 23.2 Å². The van der Waals surface area contributed by atoms with E-state index in [2.05, 4.69) is 99.4 Å². The molecule has 16 unspecified atom stereocenters. The summed E-state index contributed by atoms with van der Waals surface area (Å²) in [5.41, 5.74) is 24.0. The van der Waals surface area contributed by atoms with E-state index in [4.69, 9.17) is 21.2 Å². The average molecular weight is 1250 g/mol. The van der Waals surface area contributed by atoms with Crippen molar-refractivity contribution in [3.05, 3.63) is 147 Å². The van der Waals surface area contributed by atoms with Crippen LogP contribution in [0.2, 0.25) is 0 Å². The molecule has 5 aliphatic carbocycles. The molecular formula is C73H96N8O6S2. The zero-order valence-corrected chi connectivity index (χ0v) is 53.9. The normalized spacial score (nSPS) is 35.1. The summed E-state index contributed by atoms with van der Waals surface area (Å²) in [5.74, 6) is 5.05. The second kappa shape index (κ2) is 27.2. The Morgan fingerprint density at radius 1 is 0.910 bits per heavy atom. The fraction of sp³-hybridized carbons (Fsp3) is 0.575. The number of benzene rings is 3. The number of piperidine rings is 1. The lowest BCUT2D eigenvalue weighted by atomic mass is 9.50. The van der Waals surface area contributed by atoms with Gasteiger partial charge in [-0.2, -0.15) is 0 Å². The van der Waals surface area contributed by atoms with E-state index in [0.717, 1.165) is 113 Å². The lowest BCUT2D eigenvalue weighted by molar-refractivity contribution is -0.126. The number of allylic oxidation sites excluding steroid dienone is 3. The van der Waals surface area contributed by atoms with Crippen LogP contribution in [0, 0.1) is 58.2 Å². The molecule has 0 radical (unpaired) electrons. The van der Waals surface area contributed by atoms with Gasteiger partial charge >= 0.3 is 0 Å². The Balaban J connectivity index is 0.838. The highest BCUT2D eigenvalue weighted by Gasteiger charge is 2.70. The van der Waals surface area contributed by atoms with Gasteiger partial charge in [-0.1, -0.05) is 100.0 Å². The van der Waals surface area contributed by atoms with Gasteiger partial charge in [0.2, 0.25) is 0 Å². The number of dihydropyridines is 1. The second-order valence-electron chi connectivity index (χ2n) is 28.5. The summed E-state index contributed by atoms with van der Waals surface area (Å²) in [5, 5.41) is 53.8. The molecule has 8 heterocycles. The number of aliphatic imine (C=N–C) groups is 1. The van der Waals surface area contributed by atoms with Crippen molar-refractivity contribution in [2.45, 2.75) is 159 Å². The molecule has 0 aromatic heterocycles. The molecule has 5 saturated carbocycles. The van der Waals surface area contributed by atoms with E-state index in [-0.39, 0.29) is 64.4 Å². The van der Waals surface area contributed by atoms with Crippen LogP contribution < -0.4 is 42.8 Å². The third-order valence-corrected chi connectivity index (χ3v) is 25.4. The largest absolute Gasteiger partial charge is 0.504 e. The number of nitrogens with zero attached hydrogens (tertiary/aromatic N) is 1. The Bertz CT molecular complexity index is 3290. The zero-order valence-electron chi connectivity index (χ0n) is 52.3. The molecule has 6 fully saturated rings. The standard InChI is InChI=1S/C73H96N8O6S2/c1-43(83)63-31-51-29-55-28-48-19-21-73(68(48)51)66-18-16-47(35-72(66,37-67(73)81-63)36-61-59-20-23-76-38-52(59)26-49-12-7-22-77-69(49)61)25-56(84)33-57(85)30-54(40-82)60-34-65(87-2)64(86)32-50(60)27-53-39-78-70(74)62(41-88-89-42-79-71(75)80-55)58(53)17-15-46-11-6-10-45(24-46)14-13-44-8-4-3-5-9-44/h3-12,24,30-32,34,39,43,47-49,52,55,59,61,63,66-70,76-78,81-83,86H,13-23,25-29,33,35-38,40-42,74H2,1-2H3,(H3,75,79,80). The summed E-state index contributed by atoms with van der Waals surface area (Å²) in [4.78, 5) is 34.2. The van der Waals surface area contributed by atoms with Gasteiger partial charge in [-0.15, -0.1) is 0 Å². The predicted molar refractivity (Wildman–Crippen MR) is 359 cm³/mol. The molecule has 3 aromatic rings. The summed E-state index contributed by atoms with van der Waals surface area (Å²) in [6.45, 7) is 4.53. The number of nitrogens with one attached hydrogen (secondary N) is 5. The summed E-state index contributed by atoms with van der Waals surface area (Å²) in [6, 6.07) is 23.4. The van der Waals surface area contributed by atoms with Crippen LogP contribution in [0.4, 0.5) is 0 Å². The molecule has 16 heteroatoms.